The SMILES string of the molecule is CC(C)n1ncnc1C12CNCCC1OCCN1CCNC12. The molecule has 3 unspecified atom stereocenters. The number of piperidine rings is 1. The second-order valence-corrected chi connectivity index (χ2v) is 6.88. The summed E-state index contributed by atoms with van der Waals surface area (Å²) in [7, 11) is 0. The molecule has 0 bridgehead atoms. The molecule has 3 atom stereocenters. The maximum atomic E-state index is 6.30. The summed E-state index contributed by atoms with van der Waals surface area (Å²) >= 11 is 0. The summed E-state index contributed by atoms with van der Waals surface area (Å²) in [5, 5.41) is 11.8. The molecule has 3 saturated heterocycles. The van der Waals surface area contributed by atoms with Gasteiger partial charge in [0.25, 0.3) is 0 Å². The van der Waals surface area contributed by atoms with E-state index in [0.29, 0.717) is 6.04 Å². The van der Waals surface area contributed by atoms with Gasteiger partial charge in [-0.2, -0.15) is 5.10 Å². The van der Waals surface area contributed by atoms with Crippen LogP contribution in [-0.2, 0) is 10.2 Å². The van der Waals surface area contributed by atoms with Gasteiger partial charge in [-0.05, 0) is 26.8 Å². The van der Waals surface area contributed by atoms with Crippen LogP contribution in [0.3, 0.4) is 0 Å². The highest BCUT2D eigenvalue weighted by Gasteiger charge is 2.56. The van der Waals surface area contributed by atoms with E-state index in [2.05, 4.69) is 39.2 Å². The minimum atomic E-state index is -0.175. The van der Waals surface area contributed by atoms with Crippen molar-refractivity contribution in [2.75, 3.05) is 39.3 Å². The monoisotopic (exact) mass is 306 g/mol. The third-order valence-electron chi connectivity index (χ3n) is 5.34. The van der Waals surface area contributed by atoms with Crippen molar-refractivity contribution in [1.82, 2.24) is 30.3 Å². The average Bonchev–Trinajstić information content (AvgIpc) is 3.15. The van der Waals surface area contributed by atoms with Crippen LogP contribution in [0.1, 0.15) is 32.1 Å². The second-order valence-electron chi connectivity index (χ2n) is 6.88. The fourth-order valence-electron chi connectivity index (χ4n) is 4.38. The fourth-order valence-corrected chi connectivity index (χ4v) is 4.38. The van der Waals surface area contributed by atoms with Crippen LogP contribution < -0.4 is 10.6 Å². The van der Waals surface area contributed by atoms with Crippen molar-refractivity contribution in [1.29, 1.82) is 0 Å². The lowest BCUT2D eigenvalue weighted by Crippen LogP contribution is -2.65. The molecule has 0 spiro atoms. The van der Waals surface area contributed by atoms with E-state index in [1.54, 1.807) is 6.33 Å². The summed E-state index contributed by atoms with van der Waals surface area (Å²) in [5.41, 5.74) is -0.175. The van der Waals surface area contributed by atoms with Crippen molar-refractivity contribution in [3.8, 4) is 0 Å². The predicted octanol–water partition coefficient (Wildman–Crippen LogP) is -0.280. The maximum Gasteiger partial charge on any atom is 0.140 e. The molecule has 1 aromatic heterocycles. The Morgan fingerprint density at radius 2 is 2.27 bits per heavy atom. The topological polar surface area (TPSA) is 67.2 Å². The molecule has 3 aliphatic rings. The Morgan fingerprint density at radius 1 is 1.36 bits per heavy atom. The molecule has 22 heavy (non-hydrogen) atoms. The Bertz CT molecular complexity index is 532. The molecule has 0 aliphatic carbocycles. The molecule has 0 saturated carbocycles. The molecule has 1 aromatic rings. The molecule has 4 rings (SSSR count). The summed E-state index contributed by atoms with van der Waals surface area (Å²) in [6.07, 6.45) is 3.18. The molecule has 3 fully saturated rings. The molecule has 2 N–H and O–H groups in total. The standard InChI is InChI=1S/C15H26N6O/c1-11(2)21-14(18-10-19-21)15-9-16-4-3-12(15)22-8-7-20-6-5-17-13(15)20/h10-13,16-17H,3-9H2,1-2H3. The number of ether oxygens (including phenoxy) is 1. The molecule has 3 aliphatic heterocycles. The molecule has 122 valence electrons. The highest BCUT2D eigenvalue weighted by atomic mass is 16.5. The number of rotatable bonds is 2. The summed E-state index contributed by atoms with van der Waals surface area (Å²) in [6, 6.07) is 0.299. The first kappa shape index (κ1) is 14.6. The molecule has 4 heterocycles. The lowest BCUT2D eigenvalue weighted by molar-refractivity contribution is -0.0246. The molecular formula is C15H26N6O. The molecule has 0 aromatic carbocycles. The van der Waals surface area contributed by atoms with Crippen LogP contribution >= 0.6 is 0 Å². The van der Waals surface area contributed by atoms with E-state index >= 15 is 0 Å². The Morgan fingerprint density at radius 3 is 3.14 bits per heavy atom. The zero-order valence-electron chi connectivity index (χ0n) is 13.5. The van der Waals surface area contributed by atoms with Gasteiger partial charge >= 0.3 is 0 Å². The zero-order chi connectivity index (χ0) is 15.2. The van der Waals surface area contributed by atoms with E-state index in [1.807, 2.05) is 0 Å². The van der Waals surface area contributed by atoms with Crippen molar-refractivity contribution >= 4 is 0 Å². The van der Waals surface area contributed by atoms with Crippen LogP contribution in [0.15, 0.2) is 6.33 Å². The summed E-state index contributed by atoms with van der Waals surface area (Å²) in [6.45, 7) is 10.1. The molecular weight excluding hydrogens is 280 g/mol. The minimum Gasteiger partial charge on any atom is -0.376 e. The van der Waals surface area contributed by atoms with Gasteiger partial charge in [0.1, 0.15) is 12.2 Å². The fraction of sp³-hybridized carbons (Fsp3) is 0.867. The Kier molecular flexibility index (Phi) is 3.68. The van der Waals surface area contributed by atoms with Gasteiger partial charge in [-0.1, -0.05) is 0 Å². The smallest absolute Gasteiger partial charge is 0.140 e. The van der Waals surface area contributed by atoms with E-state index in [9.17, 15) is 0 Å². The second kappa shape index (κ2) is 5.56. The highest BCUT2D eigenvalue weighted by Crippen LogP contribution is 2.40. The van der Waals surface area contributed by atoms with E-state index in [1.165, 1.54) is 0 Å². The summed E-state index contributed by atoms with van der Waals surface area (Å²) in [4.78, 5) is 7.22. The van der Waals surface area contributed by atoms with Crippen molar-refractivity contribution in [2.45, 2.75) is 44.0 Å². The third-order valence-corrected chi connectivity index (χ3v) is 5.34. The van der Waals surface area contributed by atoms with Gasteiger partial charge in [-0.3, -0.25) is 10.2 Å². The lowest BCUT2D eigenvalue weighted by atomic mass is 9.73. The van der Waals surface area contributed by atoms with Crippen LogP contribution in [0, 0.1) is 0 Å². The van der Waals surface area contributed by atoms with Crippen LogP contribution in [-0.4, -0.2) is 71.3 Å². The highest BCUT2D eigenvalue weighted by molar-refractivity contribution is 5.22. The zero-order valence-corrected chi connectivity index (χ0v) is 13.5. The first-order valence-electron chi connectivity index (χ1n) is 8.43. The van der Waals surface area contributed by atoms with Crippen molar-refractivity contribution < 1.29 is 4.74 Å². The first-order chi connectivity index (χ1) is 10.7. The molecule has 7 heteroatoms. The van der Waals surface area contributed by atoms with Crippen LogP contribution in [0.2, 0.25) is 0 Å². The van der Waals surface area contributed by atoms with Crippen molar-refractivity contribution in [3.63, 3.8) is 0 Å². The summed E-state index contributed by atoms with van der Waals surface area (Å²) in [5.74, 6) is 1.06. The third kappa shape index (κ3) is 2.03. The number of hydrogen-bond acceptors (Lipinski definition) is 6. The molecule has 0 radical (unpaired) electrons. The van der Waals surface area contributed by atoms with Gasteiger partial charge < -0.3 is 10.1 Å². The number of hydrogen-bond donors (Lipinski definition) is 2. The number of aromatic nitrogens is 3. The van der Waals surface area contributed by atoms with Gasteiger partial charge in [-0.25, -0.2) is 9.67 Å². The van der Waals surface area contributed by atoms with Crippen LogP contribution in [0.25, 0.3) is 0 Å². The van der Waals surface area contributed by atoms with Gasteiger partial charge in [0, 0.05) is 32.2 Å². The van der Waals surface area contributed by atoms with Crippen molar-refractivity contribution in [3.05, 3.63) is 12.2 Å². The van der Waals surface area contributed by atoms with E-state index in [4.69, 9.17) is 9.72 Å². The van der Waals surface area contributed by atoms with Gasteiger partial charge in [0.05, 0.1) is 24.3 Å². The quantitative estimate of drug-likeness (QED) is 0.783. The van der Waals surface area contributed by atoms with E-state index in [0.717, 1.165) is 51.6 Å². The molecule has 7 nitrogen and oxygen atoms in total. The number of nitrogens with zero attached hydrogens (tertiary/aromatic N) is 4. The Hall–Kier alpha value is -1.02. The van der Waals surface area contributed by atoms with Gasteiger partial charge in [0.2, 0.25) is 0 Å². The van der Waals surface area contributed by atoms with Crippen LogP contribution in [0.5, 0.6) is 0 Å². The van der Waals surface area contributed by atoms with Gasteiger partial charge in [0.15, 0.2) is 0 Å². The number of nitrogens with one attached hydrogen (secondary N) is 2. The minimum absolute atomic E-state index is 0.175. The Labute approximate surface area is 131 Å². The van der Waals surface area contributed by atoms with Crippen molar-refractivity contribution in [2.24, 2.45) is 0 Å². The normalized spacial score (nSPS) is 36.1. The lowest BCUT2D eigenvalue weighted by Gasteiger charge is -2.47. The average molecular weight is 306 g/mol. The van der Waals surface area contributed by atoms with Gasteiger partial charge in [-0.15, -0.1) is 0 Å². The Balaban J connectivity index is 1.85. The summed E-state index contributed by atoms with van der Waals surface area (Å²) < 4.78 is 8.38. The first-order valence-corrected chi connectivity index (χ1v) is 8.43. The predicted molar refractivity (Wildman–Crippen MR) is 82.7 cm³/mol. The maximum absolute atomic E-state index is 6.30. The van der Waals surface area contributed by atoms with E-state index in [-0.39, 0.29) is 17.7 Å². The number of fused-ring (bicyclic) bond motifs is 3. The van der Waals surface area contributed by atoms with Crippen LogP contribution in [0.4, 0.5) is 0 Å². The van der Waals surface area contributed by atoms with E-state index < -0.39 is 0 Å². The molecule has 0 amide bonds. The largest absolute Gasteiger partial charge is 0.376 e.